The van der Waals surface area contributed by atoms with E-state index < -0.39 is 24.5 Å². The Bertz CT molecular complexity index is 1010. The third-order valence-corrected chi connectivity index (χ3v) is 5.09. The number of nitrogens with zero attached hydrogens (tertiary/aromatic N) is 2. The lowest BCUT2D eigenvalue weighted by Gasteiger charge is -2.27. The number of fused-ring (bicyclic) bond motifs is 1. The molecule has 4 rings (SSSR count). The average Bonchev–Trinajstić information content (AvgIpc) is 2.73. The molecule has 0 amide bonds. The molecule has 3 aromatic rings. The predicted octanol–water partition coefficient (Wildman–Crippen LogP) is 5.52. The van der Waals surface area contributed by atoms with Gasteiger partial charge in [0.1, 0.15) is 5.82 Å². The Hall–Kier alpha value is -2.80. The van der Waals surface area contributed by atoms with Crippen molar-refractivity contribution in [2.45, 2.75) is 38.7 Å². The van der Waals surface area contributed by atoms with Crippen molar-refractivity contribution in [1.82, 2.24) is 9.97 Å². The molecule has 0 fully saturated rings. The van der Waals surface area contributed by atoms with Gasteiger partial charge in [-0.3, -0.25) is 0 Å². The van der Waals surface area contributed by atoms with E-state index in [1.807, 2.05) is 24.3 Å². The summed E-state index contributed by atoms with van der Waals surface area (Å²) >= 11 is 0. The van der Waals surface area contributed by atoms with E-state index in [1.165, 1.54) is 11.6 Å². The first-order valence-electron chi connectivity index (χ1n) is 9.26. The molecule has 1 aliphatic rings. The van der Waals surface area contributed by atoms with Crippen molar-refractivity contribution in [3.63, 3.8) is 0 Å². The molecule has 1 aliphatic heterocycles. The highest BCUT2D eigenvalue weighted by atomic mass is 19.4. The van der Waals surface area contributed by atoms with E-state index in [1.54, 1.807) is 18.5 Å². The van der Waals surface area contributed by atoms with E-state index in [0.29, 0.717) is 17.0 Å². The Morgan fingerprint density at radius 2 is 1.69 bits per heavy atom. The quantitative estimate of drug-likeness (QED) is 0.542. The van der Waals surface area contributed by atoms with Gasteiger partial charge in [-0.05, 0) is 40.8 Å². The van der Waals surface area contributed by atoms with Crippen LogP contribution in [0.3, 0.4) is 0 Å². The number of aromatic nitrogens is 2. The van der Waals surface area contributed by atoms with Crippen LogP contribution in [0.4, 0.5) is 17.6 Å². The molecule has 150 valence electrons. The highest BCUT2D eigenvalue weighted by Gasteiger charge is 2.43. The molecule has 2 aromatic carbocycles. The molecule has 0 bridgehead atoms. The number of benzene rings is 2. The van der Waals surface area contributed by atoms with Crippen molar-refractivity contribution in [3.05, 3.63) is 71.3 Å². The van der Waals surface area contributed by atoms with Gasteiger partial charge in [-0.15, -0.1) is 0 Å². The molecule has 0 radical (unpaired) electrons. The van der Waals surface area contributed by atoms with E-state index in [0.717, 1.165) is 17.5 Å². The molecule has 0 N–H and O–H groups in total. The van der Waals surface area contributed by atoms with Gasteiger partial charge in [0.2, 0.25) is 0 Å². The fourth-order valence-electron chi connectivity index (χ4n) is 3.38. The van der Waals surface area contributed by atoms with Crippen LogP contribution in [-0.4, -0.2) is 22.2 Å². The van der Waals surface area contributed by atoms with E-state index in [4.69, 9.17) is 4.74 Å². The Morgan fingerprint density at radius 1 is 1.00 bits per heavy atom. The fourth-order valence-corrected chi connectivity index (χ4v) is 3.38. The molecule has 0 saturated heterocycles. The monoisotopic (exact) mass is 402 g/mol. The molecule has 1 unspecified atom stereocenters. The predicted molar refractivity (Wildman–Crippen MR) is 101 cm³/mol. The van der Waals surface area contributed by atoms with Gasteiger partial charge in [0.05, 0.1) is 6.61 Å². The third-order valence-electron chi connectivity index (χ3n) is 5.09. The molecular weight excluding hydrogens is 384 g/mol. The van der Waals surface area contributed by atoms with Gasteiger partial charge in [-0.2, -0.15) is 13.2 Å². The van der Waals surface area contributed by atoms with Gasteiger partial charge in [0.15, 0.2) is 11.9 Å². The van der Waals surface area contributed by atoms with Crippen LogP contribution >= 0.6 is 0 Å². The van der Waals surface area contributed by atoms with Crippen molar-refractivity contribution in [1.29, 1.82) is 0 Å². The largest absolute Gasteiger partial charge is 0.414 e. The zero-order valence-electron chi connectivity index (χ0n) is 15.6. The molecule has 29 heavy (non-hydrogen) atoms. The van der Waals surface area contributed by atoms with Crippen LogP contribution in [0, 0.1) is 5.82 Å². The summed E-state index contributed by atoms with van der Waals surface area (Å²) in [5.41, 5.74) is 3.86. The summed E-state index contributed by atoms with van der Waals surface area (Å²) in [6.45, 7) is 1.78. The zero-order chi connectivity index (χ0) is 20.6. The van der Waals surface area contributed by atoms with Crippen LogP contribution in [0.25, 0.3) is 22.5 Å². The molecule has 3 nitrogen and oxygen atoms in total. The zero-order valence-corrected chi connectivity index (χ0v) is 15.6. The molecule has 1 aromatic heterocycles. The summed E-state index contributed by atoms with van der Waals surface area (Å²) < 4.78 is 58.0. The smallest absolute Gasteiger partial charge is 0.364 e. The highest BCUT2D eigenvalue weighted by molar-refractivity contribution is 5.64. The molecule has 7 heteroatoms. The summed E-state index contributed by atoms with van der Waals surface area (Å²) in [4.78, 5) is 8.63. The van der Waals surface area contributed by atoms with Crippen LogP contribution in [0.1, 0.15) is 23.6 Å². The first kappa shape index (κ1) is 19.5. The topological polar surface area (TPSA) is 35.0 Å². The Labute approximate surface area is 165 Å². The lowest BCUT2D eigenvalue weighted by molar-refractivity contribution is -0.226. The minimum absolute atomic E-state index is 0.0370. The number of alkyl halides is 3. The van der Waals surface area contributed by atoms with Crippen LogP contribution in [0.2, 0.25) is 0 Å². The standard InChI is InChI=1S/C22H18F4N2O/c1-2-13-3-5-14(6-4-13)17-10-27-21(28-11-17)15-7-16-12-29-20(22(24,25)26)9-18(16)19(23)8-15/h3-8,10-11,20H,2,9,12H2,1H3. The van der Waals surface area contributed by atoms with E-state index in [2.05, 4.69) is 16.9 Å². The Morgan fingerprint density at radius 3 is 2.31 bits per heavy atom. The minimum Gasteiger partial charge on any atom is -0.364 e. The van der Waals surface area contributed by atoms with E-state index in [-0.39, 0.29) is 12.2 Å². The van der Waals surface area contributed by atoms with E-state index >= 15 is 0 Å². The van der Waals surface area contributed by atoms with Gasteiger partial charge < -0.3 is 4.74 Å². The summed E-state index contributed by atoms with van der Waals surface area (Å²) in [6, 6.07) is 10.8. The maximum Gasteiger partial charge on any atom is 0.414 e. The number of hydrogen-bond donors (Lipinski definition) is 0. The molecule has 0 aliphatic carbocycles. The Balaban J connectivity index is 1.60. The lowest BCUT2D eigenvalue weighted by Crippen LogP contribution is -2.37. The summed E-state index contributed by atoms with van der Waals surface area (Å²) in [5.74, 6) is -0.392. The second-order valence-electron chi connectivity index (χ2n) is 6.99. The Kier molecular flexibility index (Phi) is 5.08. The van der Waals surface area contributed by atoms with Gasteiger partial charge in [-0.1, -0.05) is 31.2 Å². The molecule has 1 atom stereocenters. The van der Waals surface area contributed by atoms with Crippen LogP contribution in [-0.2, 0) is 24.2 Å². The van der Waals surface area contributed by atoms with Gasteiger partial charge in [-0.25, -0.2) is 14.4 Å². The van der Waals surface area contributed by atoms with E-state index in [9.17, 15) is 17.6 Å². The third kappa shape index (κ3) is 4.00. The normalized spacial score (nSPS) is 16.5. The molecular formula is C22H18F4N2O. The number of ether oxygens (including phenoxy) is 1. The second kappa shape index (κ2) is 7.55. The molecule has 0 spiro atoms. The molecule has 0 saturated carbocycles. The summed E-state index contributed by atoms with van der Waals surface area (Å²) in [7, 11) is 0. The van der Waals surface area contributed by atoms with Crippen molar-refractivity contribution >= 4 is 0 Å². The summed E-state index contributed by atoms with van der Waals surface area (Å²) in [6.07, 6.45) is -2.78. The highest BCUT2D eigenvalue weighted by Crippen LogP contribution is 2.34. The first-order chi connectivity index (χ1) is 13.8. The van der Waals surface area contributed by atoms with Crippen LogP contribution in [0.5, 0.6) is 0 Å². The maximum atomic E-state index is 14.5. The van der Waals surface area contributed by atoms with Crippen molar-refractivity contribution in [3.8, 4) is 22.5 Å². The summed E-state index contributed by atoms with van der Waals surface area (Å²) in [5, 5.41) is 0. The number of halogens is 4. The van der Waals surface area contributed by atoms with Crippen molar-refractivity contribution < 1.29 is 22.3 Å². The second-order valence-corrected chi connectivity index (χ2v) is 6.99. The van der Waals surface area contributed by atoms with Crippen LogP contribution < -0.4 is 0 Å². The number of aryl methyl sites for hydroxylation is 1. The lowest BCUT2D eigenvalue weighted by atomic mass is 9.95. The molecule has 2 heterocycles. The van der Waals surface area contributed by atoms with Gasteiger partial charge >= 0.3 is 6.18 Å². The SMILES string of the molecule is CCc1ccc(-c2cnc(-c3cc(F)c4c(c3)COC(C(F)(F)F)C4)nc2)cc1. The fraction of sp³-hybridized carbons (Fsp3) is 0.273. The van der Waals surface area contributed by atoms with Crippen molar-refractivity contribution in [2.24, 2.45) is 0 Å². The minimum atomic E-state index is -4.52. The van der Waals surface area contributed by atoms with Crippen LogP contribution in [0.15, 0.2) is 48.8 Å². The first-order valence-corrected chi connectivity index (χ1v) is 9.26. The van der Waals surface area contributed by atoms with Crippen molar-refractivity contribution in [2.75, 3.05) is 0 Å². The van der Waals surface area contributed by atoms with Gasteiger partial charge in [0, 0.05) is 29.9 Å². The van der Waals surface area contributed by atoms with Gasteiger partial charge in [0.25, 0.3) is 0 Å². The number of rotatable bonds is 3. The number of hydrogen-bond acceptors (Lipinski definition) is 3. The maximum absolute atomic E-state index is 14.5. The average molecular weight is 402 g/mol.